The van der Waals surface area contributed by atoms with E-state index in [0.717, 1.165) is 43.7 Å². The molecule has 3 rings (SSSR count). The van der Waals surface area contributed by atoms with E-state index in [0.29, 0.717) is 11.5 Å². The van der Waals surface area contributed by atoms with E-state index in [1.165, 1.54) is 17.0 Å². The third-order valence-electron chi connectivity index (χ3n) is 5.54. The lowest BCUT2D eigenvalue weighted by Crippen LogP contribution is -2.45. The highest BCUT2D eigenvalue weighted by atomic mass is 35.5. The van der Waals surface area contributed by atoms with E-state index < -0.39 is 11.7 Å². The second kappa shape index (κ2) is 11.7. The number of hydrogen-bond acceptors (Lipinski definition) is 4. The molecule has 3 amide bonds. The number of aryl methyl sites for hydroxylation is 1. The highest BCUT2D eigenvalue weighted by Gasteiger charge is 2.23. The number of rotatable bonds is 8. The van der Waals surface area contributed by atoms with Crippen molar-refractivity contribution in [1.82, 2.24) is 10.3 Å². The zero-order valence-electron chi connectivity index (χ0n) is 18.6. The number of carbonyl (C=O) groups is 3. The zero-order valence-corrected chi connectivity index (χ0v) is 19.3. The Kier molecular flexibility index (Phi) is 8.77. The number of hydrogen-bond donors (Lipinski definition) is 2. The lowest BCUT2D eigenvalue weighted by molar-refractivity contribution is -0.125. The van der Waals surface area contributed by atoms with Gasteiger partial charge in [-0.15, -0.1) is 0 Å². The van der Waals surface area contributed by atoms with E-state index in [1.807, 2.05) is 13.0 Å². The van der Waals surface area contributed by atoms with Crippen molar-refractivity contribution in [3.8, 4) is 0 Å². The summed E-state index contributed by atoms with van der Waals surface area (Å²) in [6.07, 6.45) is 6.46. The largest absolute Gasteiger partial charge is 0.352 e. The van der Waals surface area contributed by atoms with Gasteiger partial charge in [-0.1, -0.05) is 30.9 Å². The summed E-state index contributed by atoms with van der Waals surface area (Å²) in [5.74, 6) is -1.33. The Morgan fingerprint density at radius 1 is 1.09 bits per heavy atom. The van der Waals surface area contributed by atoms with Crippen LogP contribution in [0.4, 0.5) is 15.9 Å². The van der Waals surface area contributed by atoms with E-state index in [2.05, 4.69) is 15.6 Å². The van der Waals surface area contributed by atoms with Crippen molar-refractivity contribution in [2.45, 2.75) is 57.9 Å². The molecule has 1 heterocycles. The Morgan fingerprint density at radius 3 is 2.55 bits per heavy atom. The van der Waals surface area contributed by atoms with Crippen LogP contribution in [0.15, 0.2) is 36.5 Å². The summed E-state index contributed by atoms with van der Waals surface area (Å²) in [7, 11) is 0. The van der Waals surface area contributed by atoms with E-state index in [1.54, 1.807) is 12.3 Å². The smallest absolute Gasteiger partial charge is 0.240 e. The van der Waals surface area contributed by atoms with Gasteiger partial charge in [0.25, 0.3) is 0 Å². The van der Waals surface area contributed by atoms with Gasteiger partial charge in [0.2, 0.25) is 17.7 Å². The fraction of sp³-hybridized carbons (Fsp3) is 0.417. The minimum Gasteiger partial charge on any atom is -0.352 e. The van der Waals surface area contributed by atoms with Crippen LogP contribution in [0, 0.1) is 12.7 Å². The van der Waals surface area contributed by atoms with Gasteiger partial charge in [-0.3, -0.25) is 14.4 Å². The van der Waals surface area contributed by atoms with Crippen LogP contribution in [0.2, 0.25) is 5.02 Å². The van der Waals surface area contributed by atoms with Crippen molar-refractivity contribution < 1.29 is 18.8 Å². The Labute approximate surface area is 197 Å². The van der Waals surface area contributed by atoms with E-state index in [4.69, 9.17) is 11.6 Å². The van der Waals surface area contributed by atoms with Gasteiger partial charge in [0, 0.05) is 30.8 Å². The van der Waals surface area contributed by atoms with E-state index in [-0.39, 0.29) is 42.3 Å². The zero-order chi connectivity index (χ0) is 23.8. The molecular formula is C24H28ClFN4O3. The molecule has 0 radical (unpaired) electrons. The maximum atomic E-state index is 13.7. The number of aromatic nitrogens is 1. The molecule has 1 aliphatic rings. The Balaban J connectivity index is 1.65. The molecule has 1 aromatic carbocycles. The number of carbonyl (C=O) groups excluding carboxylic acids is 3. The number of pyridine rings is 1. The van der Waals surface area contributed by atoms with Gasteiger partial charge in [-0.2, -0.15) is 0 Å². The molecule has 1 fully saturated rings. The molecule has 176 valence electrons. The summed E-state index contributed by atoms with van der Waals surface area (Å²) in [6.45, 7) is 1.64. The van der Waals surface area contributed by atoms with Crippen molar-refractivity contribution >= 4 is 40.8 Å². The van der Waals surface area contributed by atoms with Gasteiger partial charge in [0.05, 0.1) is 5.02 Å². The monoisotopic (exact) mass is 474 g/mol. The summed E-state index contributed by atoms with van der Waals surface area (Å²) in [6, 6.07) is 7.47. The maximum Gasteiger partial charge on any atom is 0.240 e. The predicted octanol–water partition coefficient (Wildman–Crippen LogP) is 4.38. The Hall–Kier alpha value is -3.00. The third-order valence-corrected chi connectivity index (χ3v) is 5.83. The van der Waals surface area contributed by atoms with Crippen molar-refractivity contribution in [1.29, 1.82) is 0 Å². The predicted molar refractivity (Wildman–Crippen MR) is 126 cm³/mol. The SMILES string of the molecule is Cc1ccnc(NC(=O)CCC(=O)N(CC(=O)NC2CCCCC2)c2ccc(F)c(Cl)c2)c1. The number of halogens is 2. The van der Waals surface area contributed by atoms with Crippen LogP contribution >= 0.6 is 11.6 Å². The van der Waals surface area contributed by atoms with Crippen LogP contribution in [0.25, 0.3) is 0 Å². The van der Waals surface area contributed by atoms with E-state index in [9.17, 15) is 18.8 Å². The molecule has 1 aromatic heterocycles. The molecule has 2 aromatic rings. The summed E-state index contributed by atoms with van der Waals surface area (Å²) >= 11 is 5.90. The number of amides is 3. The van der Waals surface area contributed by atoms with Gasteiger partial charge in [0.1, 0.15) is 18.2 Å². The summed E-state index contributed by atoms with van der Waals surface area (Å²) in [5, 5.41) is 5.48. The van der Waals surface area contributed by atoms with Crippen LogP contribution in [-0.2, 0) is 14.4 Å². The fourth-order valence-corrected chi connectivity index (χ4v) is 3.98. The number of nitrogens with zero attached hydrogens (tertiary/aromatic N) is 2. The molecule has 1 saturated carbocycles. The first kappa shape index (κ1) is 24.6. The van der Waals surface area contributed by atoms with Gasteiger partial charge >= 0.3 is 0 Å². The molecule has 0 unspecified atom stereocenters. The molecule has 9 heteroatoms. The average Bonchev–Trinajstić information content (AvgIpc) is 2.78. The summed E-state index contributed by atoms with van der Waals surface area (Å²) < 4.78 is 13.7. The van der Waals surface area contributed by atoms with Crippen molar-refractivity contribution in [2.24, 2.45) is 0 Å². The fourth-order valence-electron chi connectivity index (χ4n) is 3.81. The molecule has 0 spiro atoms. The van der Waals surface area contributed by atoms with Gasteiger partial charge < -0.3 is 15.5 Å². The number of nitrogens with one attached hydrogen (secondary N) is 2. The number of anilines is 2. The topological polar surface area (TPSA) is 91.4 Å². The molecule has 7 nitrogen and oxygen atoms in total. The molecule has 0 atom stereocenters. The minimum absolute atomic E-state index is 0.0904. The first-order chi connectivity index (χ1) is 15.8. The first-order valence-corrected chi connectivity index (χ1v) is 11.5. The van der Waals surface area contributed by atoms with Crippen molar-refractivity contribution in [3.05, 3.63) is 52.9 Å². The molecule has 33 heavy (non-hydrogen) atoms. The van der Waals surface area contributed by atoms with Crippen molar-refractivity contribution in [2.75, 3.05) is 16.8 Å². The number of benzene rings is 1. The molecule has 0 aliphatic heterocycles. The van der Waals surface area contributed by atoms with Gasteiger partial charge in [0.15, 0.2) is 0 Å². The standard InChI is InChI=1S/C24H28ClFN4O3/c1-16-11-12-27-21(13-16)29-22(31)9-10-24(33)30(18-7-8-20(26)19(25)14-18)15-23(32)28-17-5-3-2-4-6-17/h7-8,11-14,17H,2-6,9-10,15H2,1H3,(H,28,32)(H,27,29,31). The minimum atomic E-state index is -0.621. The molecule has 0 saturated heterocycles. The van der Waals surface area contributed by atoms with Gasteiger partial charge in [-0.05, 0) is 55.7 Å². The van der Waals surface area contributed by atoms with Crippen LogP contribution in [0.1, 0.15) is 50.5 Å². The van der Waals surface area contributed by atoms with Crippen LogP contribution in [0.5, 0.6) is 0 Å². The lowest BCUT2D eigenvalue weighted by Gasteiger charge is -2.26. The quantitative estimate of drug-likeness (QED) is 0.593. The second-order valence-corrected chi connectivity index (χ2v) is 8.65. The molecule has 1 aliphatic carbocycles. The van der Waals surface area contributed by atoms with Crippen LogP contribution < -0.4 is 15.5 Å². The van der Waals surface area contributed by atoms with E-state index >= 15 is 0 Å². The summed E-state index contributed by atoms with van der Waals surface area (Å²) in [4.78, 5) is 43.3. The Morgan fingerprint density at radius 2 is 1.85 bits per heavy atom. The molecular weight excluding hydrogens is 447 g/mol. The third kappa shape index (κ3) is 7.53. The molecule has 0 bridgehead atoms. The normalized spacial score (nSPS) is 13.9. The second-order valence-electron chi connectivity index (χ2n) is 8.25. The average molecular weight is 475 g/mol. The highest BCUT2D eigenvalue weighted by molar-refractivity contribution is 6.31. The van der Waals surface area contributed by atoms with Crippen molar-refractivity contribution in [3.63, 3.8) is 0 Å². The Bertz CT molecular complexity index is 1010. The first-order valence-electron chi connectivity index (χ1n) is 11.1. The lowest BCUT2D eigenvalue weighted by atomic mass is 9.95. The van der Waals surface area contributed by atoms with Gasteiger partial charge in [-0.25, -0.2) is 9.37 Å². The van der Waals surface area contributed by atoms with Crippen LogP contribution in [-0.4, -0.2) is 35.3 Å². The highest BCUT2D eigenvalue weighted by Crippen LogP contribution is 2.24. The molecule has 2 N–H and O–H groups in total. The van der Waals surface area contributed by atoms with Crippen LogP contribution in [0.3, 0.4) is 0 Å². The maximum absolute atomic E-state index is 13.7. The summed E-state index contributed by atoms with van der Waals surface area (Å²) in [5.41, 5.74) is 1.24.